The van der Waals surface area contributed by atoms with Crippen molar-refractivity contribution >= 4 is 24.1 Å². The van der Waals surface area contributed by atoms with Crippen LogP contribution in [-0.2, 0) is 30.4 Å². The minimum Gasteiger partial charge on any atom is -0.467 e. The van der Waals surface area contributed by atoms with E-state index in [2.05, 4.69) is 20.7 Å². The molecule has 0 heterocycles. The number of benzene rings is 1. The van der Waals surface area contributed by atoms with Gasteiger partial charge in [-0.05, 0) is 45.6 Å². The molecule has 2 atom stereocenters. The number of rotatable bonds is 12. The van der Waals surface area contributed by atoms with Crippen LogP contribution in [0.5, 0.6) is 0 Å². The number of methoxy groups -OCH3 is 1. The lowest BCUT2D eigenvalue weighted by molar-refractivity contribution is -0.146. The second-order valence-electron chi connectivity index (χ2n) is 8.45. The fourth-order valence-electron chi connectivity index (χ4n) is 2.75. The average Bonchev–Trinajstić information content (AvgIpc) is 2.79. The molecule has 0 saturated carbocycles. The Morgan fingerprint density at radius 1 is 0.971 bits per heavy atom. The molecule has 11 nitrogen and oxygen atoms in total. The van der Waals surface area contributed by atoms with Crippen molar-refractivity contribution in [3.8, 4) is 0 Å². The van der Waals surface area contributed by atoms with Crippen molar-refractivity contribution in [3.63, 3.8) is 0 Å². The number of ether oxygens (including phenoxy) is 3. The van der Waals surface area contributed by atoms with Gasteiger partial charge in [0.15, 0.2) is 6.04 Å². The van der Waals surface area contributed by atoms with Crippen LogP contribution in [0.25, 0.3) is 0 Å². The number of nitrogens with one attached hydrogen (secondary N) is 3. The van der Waals surface area contributed by atoms with Crippen molar-refractivity contribution in [2.24, 2.45) is 0 Å². The van der Waals surface area contributed by atoms with Gasteiger partial charge in [0.05, 0.1) is 13.7 Å². The highest BCUT2D eigenvalue weighted by molar-refractivity contribution is 5.89. The molecule has 4 N–H and O–H groups in total. The molecule has 0 aliphatic carbocycles. The molecule has 0 spiro atoms. The Labute approximate surface area is 199 Å². The fraction of sp³-hybridized carbons (Fsp3) is 0.565. The SMILES string of the molecule is COC(=O)C(CO)NC(=O)C(CCCCNC(=O)OC(C)(C)C)NC(=O)OCc1ccccc1. The summed E-state index contributed by atoms with van der Waals surface area (Å²) in [4.78, 5) is 48.3. The molecule has 0 saturated heterocycles. The molecule has 3 amide bonds. The third-order valence-electron chi connectivity index (χ3n) is 4.39. The molecule has 0 fully saturated rings. The molecule has 0 aliphatic rings. The maximum absolute atomic E-state index is 12.7. The summed E-state index contributed by atoms with van der Waals surface area (Å²) in [5.74, 6) is -1.50. The first-order chi connectivity index (χ1) is 16.1. The number of hydrogen-bond acceptors (Lipinski definition) is 8. The molecule has 11 heteroatoms. The van der Waals surface area contributed by atoms with Crippen LogP contribution in [0, 0.1) is 0 Å². The Kier molecular flexibility index (Phi) is 12.4. The number of aliphatic hydroxyl groups is 1. The molecule has 0 radical (unpaired) electrons. The van der Waals surface area contributed by atoms with Crippen molar-refractivity contribution in [2.75, 3.05) is 20.3 Å². The first-order valence-corrected chi connectivity index (χ1v) is 11.0. The summed E-state index contributed by atoms with van der Waals surface area (Å²) < 4.78 is 14.9. The predicted octanol–water partition coefficient (Wildman–Crippen LogP) is 1.63. The Bertz CT molecular complexity index is 795. The minimum absolute atomic E-state index is 0.0161. The van der Waals surface area contributed by atoms with E-state index in [0.29, 0.717) is 19.4 Å². The second-order valence-corrected chi connectivity index (χ2v) is 8.45. The molecular weight excluding hydrogens is 446 g/mol. The summed E-state index contributed by atoms with van der Waals surface area (Å²) in [5.41, 5.74) is 0.165. The van der Waals surface area contributed by atoms with Crippen molar-refractivity contribution in [2.45, 2.75) is 64.3 Å². The number of aliphatic hydroxyl groups excluding tert-OH is 1. The molecule has 1 rings (SSSR count). The number of carbonyl (C=O) groups excluding carboxylic acids is 4. The van der Waals surface area contributed by atoms with Gasteiger partial charge >= 0.3 is 18.2 Å². The second kappa shape index (κ2) is 14.7. The van der Waals surface area contributed by atoms with Crippen molar-refractivity contribution < 1.29 is 38.5 Å². The van der Waals surface area contributed by atoms with Crippen LogP contribution in [0.2, 0.25) is 0 Å². The largest absolute Gasteiger partial charge is 0.467 e. The lowest BCUT2D eigenvalue weighted by Gasteiger charge is -2.21. The normalized spacial score (nSPS) is 12.6. The number of carbonyl (C=O) groups is 4. The van der Waals surface area contributed by atoms with Gasteiger partial charge in [-0.15, -0.1) is 0 Å². The van der Waals surface area contributed by atoms with Gasteiger partial charge in [0.25, 0.3) is 0 Å². The summed E-state index contributed by atoms with van der Waals surface area (Å²) in [7, 11) is 1.13. The maximum atomic E-state index is 12.7. The number of hydrogen-bond donors (Lipinski definition) is 4. The highest BCUT2D eigenvalue weighted by Crippen LogP contribution is 2.07. The molecular formula is C23H35N3O8. The first kappa shape index (κ1) is 28.7. The van der Waals surface area contributed by atoms with E-state index in [1.807, 2.05) is 6.07 Å². The third kappa shape index (κ3) is 12.0. The van der Waals surface area contributed by atoms with Gasteiger partial charge in [-0.25, -0.2) is 14.4 Å². The number of alkyl carbamates (subject to hydrolysis) is 2. The maximum Gasteiger partial charge on any atom is 0.408 e. The topological polar surface area (TPSA) is 152 Å². The van der Waals surface area contributed by atoms with Crippen LogP contribution >= 0.6 is 0 Å². The van der Waals surface area contributed by atoms with Crippen LogP contribution in [-0.4, -0.2) is 67.1 Å². The molecule has 1 aromatic rings. The van der Waals surface area contributed by atoms with E-state index in [1.54, 1.807) is 45.0 Å². The standard InChI is InChI=1S/C23H35N3O8/c1-23(2,3)34-21(30)24-13-9-8-12-17(19(28)25-18(14-27)20(29)32-4)26-22(31)33-15-16-10-6-5-7-11-16/h5-7,10-11,17-18,27H,8-9,12-15H2,1-4H3,(H,24,30)(H,25,28)(H,26,31). The predicted molar refractivity (Wildman–Crippen MR) is 123 cm³/mol. The minimum atomic E-state index is -1.27. The lowest BCUT2D eigenvalue weighted by Crippen LogP contribution is -2.53. The number of amides is 3. The number of unbranched alkanes of at least 4 members (excludes halogenated alkanes) is 1. The molecule has 0 aromatic heterocycles. The zero-order chi connectivity index (χ0) is 25.6. The zero-order valence-corrected chi connectivity index (χ0v) is 20.1. The van der Waals surface area contributed by atoms with E-state index in [-0.39, 0.29) is 13.0 Å². The van der Waals surface area contributed by atoms with Gasteiger partial charge < -0.3 is 35.3 Å². The van der Waals surface area contributed by atoms with Crippen LogP contribution in [0.4, 0.5) is 9.59 Å². The molecule has 0 aliphatic heterocycles. The molecule has 34 heavy (non-hydrogen) atoms. The number of esters is 1. The smallest absolute Gasteiger partial charge is 0.408 e. The van der Waals surface area contributed by atoms with E-state index >= 15 is 0 Å². The Hall–Kier alpha value is -3.34. The van der Waals surface area contributed by atoms with Gasteiger partial charge in [0, 0.05) is 6.54 Å². The van der Waals surface area contributed by atoms with Gasteiger partial charge in [0.2, 0.25) is 5.91 Å². The van der Waals surface area contributed by atoms with Gasteiger partial charge in [0.1, 0.15) is 18.2 Å². The lowest BCUT2D eigenvalue weighted by atomic mass is 10.1. The molecule has 190 valence electrons. The third-order valence-corrected chi connectivity index (χ3v) is 4.39. The van der Waals surface area contributed by atoms with E-state index in [4.69, 9.17) is 9.47 Å². The average molecular weight is 482 g/mol. The van der Waals surface area contributed by atoms with Gasteiger partial charge in [-0.3, -0.25) is 4.79 Å². The monoisotopic (exact) mass is 481 g/mol. The summed E-state index contributed by atoms with van der Waals surface area (Å²) in [6.45, 7) is 4.93. The van der Waals surface area contributed by atoms with Crippen molar-refractivity contribution in [3.05, 3.63) is 35.9 Å². The summed E-state index contributed by atoms with van der Waals surface area (Å²) in [6, 6.07) is 6.72. The summed E-state index contributed by atoms with van der Waals surface area (Å²) in [6.07, 6.45) is -0.205. The van der Waals surface area contributed by atoms with E-state index < -0.39 is 48.4 Å². The van der Waals surface area contributed by atoms with E-state index in [1.165, 1.54) is 0 Å². The molecule has 2 unspecified atom stereocenters. The van der Waals surface area contributed by atoms with Crippen LogP contribution in [0.15, 0.2) is 30.3 Å². The Morgan fingerprint density at radius 3 is 2.24 bits per heavy atom. The molecule has 0 bridgehead atoms. The van der Waals surface area contributed by atoms with E-state index in [0.717, 1.165) is 12.7 Å². The first-order valence-electron chi connectivity index (χ1n) is 11.0. The Balaban J connectivity index is 2.63. The Morgan fingerprint density at radius 2 is 1.65 bits per heavy atom. The fourth-order valence-corrected chi connectivity index (χ4v) is 2.75. The van der Waals surface area contributed by atoms with Crippen molar-refractivity contribution in [1.82, 2.24) is 16.0 Å². The van der Waals surface area contributed by atoms with Crippen LogP contribution < -0.4 is 16.0 Å². The van der Waals surface area contributed by atoms with E-state index in [9.17, 15) is 24.3 Å². The van der Waals surface area contributed by atoms with Crippen LogP contribution in [0.1, 0.15) is 45.6 Å². The zero-order valence-electron chi connectivity index (χ0n) is 20.1. The quantitative estimate of drug-likeness (QED) is 0.200. The highest BCUT2D eigenvalue weighted by Gasteiger charge is 2.27. The summed E-state index contributed by atoms with van der Waals surface area (Å²) >= 11 is 0. The molecule has 1 aromatic carbocycles. The van der Waals surface area contributed by atoms with Gasteiger partial charge in [-0.1, -0.05) is 30.3 Å². The van der Waals surface area contributed by atoms with Crippen molar-refractivity contribution in [1.29, 1.82) is 0 Å². The highest BCUT2D eigenvalue weighted by atomic mass is 16.6. The summed E-state index contributed by atoms with van der Waals surface area (Å²) in [5, 5.41) is 16.8. The van der Waals surface area contributed by atoms with Crippen LogP contribution in [0.3, 0.4) is 0 Å². The van der Waals surface area contributed by atoms with Gasteiger partial charge in [-0.2, -0.15) is 0 Å².